The van der Waals surface area contributed by atoms with Gasteiger partial charge in [0.2, 0.25) is 5.91 Å². The Morgan fingerprint density at radius 2 is 1.80 bits per heavy atom. The van der Waals surface area contributed by atoms with Gasteiger partial charge in [-0.05, 0) is 44.4 Å². The third-order valence-electron chi connectivity index (χ3n) is 4.35. The second kappa shape index (κ2) is 6.46. The van der Waals surface area contributed by atoms with Crippen molar-refractivity contribution >= 4 is 15.7 Å². The quantitative estimate of drug-likeness (QED) is 0.805. The molecule has 4 nitrogen and oxygen atoms in total. The Bertz CT molecular complexity index is 435. The van der Waals surface area contributed by atoms with Crippen molar-refractivity contribution in [2.75, 3.05) is 18.8 Å². The number of carbonyl (C=O) groups is 1. The summed E-state index contributed by atoms with van der Waals surface area (Å²) in [6, 6.07) is 0. The highest BCUT2D eigenvalue weighted by atomic mass is 32.2. The number of sulfone groups is 1. The minimum Gasteiger partial charge on any atom is -0.342 e. The molecule has 0 aromatic rings. The molecule has 1 aliphatic rings. The van der Waals surface area contributed by atoms with E-state index in [2.05, 4.69) is 20.8 Å². The maximum atomic E-state index is 12.2. The van der Waals surface area contributed by atoms with E-state index in [9.17, 15) is 13.2 Å². The van der Waals surface area contributed by atoms with Gasteiger partial charge in [-0.25, -0.2) is 8.42 Å². The van der Waals surface area contributed by atoms with Crippen molar-refractivity contribution in [3.8, 4) is 0 Å². The molecule has 118 valence electrons. The molecule has 0 saturated carbocycles. The molecule has 0 aromatic heterocycles. The van der Waals surface area contributed by atoms with Gasteiger partial charge in [-0.1, -0.05) is 20.8 Å². The van der Waals surface area contributed by atoms with Gasteiger partial charge in [0.1, 0.15) is 5.75 Å². The van der Waals surface area contributed by atoms with Gasteiger partial charge in [-0.3, -0.25) is 4.79 Å². The summed E-state index contributed by atoms with van der Waals surface area (Å²) in [5.74, 6) is 0.0282. The largest absolute Gasteiger partial charge is 0.342 e. The van der Waals surface area contributed by atoms with Crippen LogP contribution in [-0.2, 0) is 14.6 Å². The first-order chi connectivity index (χ1) is 9.04. The van der Waals surface area contributed by atoms with Gasteiger partial charge < -0.3 is 4.90 Å². The van der Waals surface area contributed by atoms with Crippen LogP contribution in [0.25, 0.3) is 0 Å². The third-order valence-corrected chi connectivity index (χ3v) is 6.43. The highest BCUT2D eigenvalue weighted by molar-refractivity contribution is 7.92. The molecule has 1 unspecified atom stereocenters. The number of carbonyl (C=O) groups excluding carboxylic acids is 1. The minimum atomic E-state index is -3.29. The van der Waals surface area contributed by atoms with Crippen molar-refractivity contribution in [3.63, 3.8) is 0 Å². The molecule has 0 spiro atoms. The zero-order valence-electron chi connectivity index (χ0n) is 13.5. The first kappa shape index (κ1) is 17.5. The van der Waals surface area contributed by atoms with Gasteiger partial charge in [-0.2, -0.15) is 0 Å². The lowest BCUT2D eigenvalue weighted by Gasteiger charge is -2.29. The lowest BCUT2D eigenvalue weighted by Crippen LogP contribution is -2.38. The second-order valence-corrected chi connectivity index (χ2v) is 9.79. The molecule has 0 N–H and O–H groups in total. The van der Waals surface area contributed by atoms with Gasteiger partial charge in [0.15, 0.2) is 9.84 Å². The van der Waals surface area contributed by atoms with Crippen molar-refractivity contribution in [1.82, 2.24) is 4.90 Å². The van der Waals surface area contributed by atoms with Gasteiger partial charge in [0, 0.05) is 13.1 Å². The molecule has 0 aliphatic carbocycles. The molecular weight excluding hydrogens is 274 g/mol. The number of amides is 1. The first-order valence-electron chi connectivity index (χ1n) is 7.53. The lowest BCUT2D eigenvalue weighted by molar-refractivity contribution is -0.128. The zero-order chi connectivity index (χ0) is 15.6. The molecular formula is C15H29NO3S. The topological polar surface area (TPSA) is 54.5 Å². The molecule has 5 heteroatoms. The Hall–Kier alpha value is -0.580. The van der Waals surface area contributed by atoms with Crippen LogP contribution in [0.1, 0.15) is 53.9 Å². The van der Waals surface area contributed by atoms with Crippen molar-refractivity contribution in [2.24, 2.45) is 11.3 Å². The number of rotatable bonds is 3. The molecule has 0 bridgehead atoms. The summed E-state index contributed by atoms with van der Waals surface area (Å²) < 4.78 is 23.7. The van der Waals surface area contributed by atoms with Crippen molar-refractivity contribution in [2.45, 2.75) is 59.1 Å². The van der Waals surface area contributed by atoms with Gasteiger partial charge >= 0.3 is 0 Å². The van der Waals surface area contributed by atoms with Crippen molar-refractivity contribution in [3.05, 3.63) is 0 Å². The summed E-state index contributed by atoms with van der Waals surface area (Å²) in [4.78, 5) is 13.9. The fourth-order valence-electron chi connectivity index (χ4n) is 2.64. The van der Waals surface area contributed by atoms with Gasteiger partial charge in [0.05, 0.1) is 5.25 Å². The molecule has 1 aliphatic heterocycles. The Kier molecular flexibility index (Phi) is 5.64. The van der Waals surface area contributed by atoms with E-state index in [4.69, 9.17) is 0 Å². The SMILES string of the molecule is CC(C)S(=O)(=O)CC(=O)N1CCCC(C(C)(C)C)CC1. The Morgan fingerprint density at radius 3 is 2.30 bits per heavy atom. The molecule has 1 rings (SSSR count). The van der Waals surface area contributed by atoms with Crippen LogP contribution in [0.4, 0.5) is 0 Å². The predicted octanol–water partition coefficient (Wildman–Crippen LogP) is 2.48. The van der Waals surface area contributed by atoms with E-state index >= 15 is 0 Å². The van der Waals surface area contributed by atoms with Crippen LogP contribution in [0, 0.1) is 11.3 Å². The van der Waals surface area contributed by atoms with Crippen LogP contribution in [0.3, 0.4) is 0 Å². The molecule has 20 heavy (non-hydrogen) atoms. The summed E-state index contributed by atoms with van der Waals surface area (Å²) >= 11 is 0. The van der Waals surface area contributed by atoms with Crippen LogP contribution >= 0.6 is 0 Å². The van der Waals surface area contributed by atoms with Gasteiger partial charge in [0.25, 0.3) is 0 Å². The van der Waals surface area contributed by atoms with Crippen LogP contribution in [0.15, 0.2) is 0 Å². The van der Waals surface area contributed by atoms with E-state index in [1.807, 2.05) is 0 Å². The lowest BCUT2D eigenvalue weighted by atomic mass is 9.77. The average molecular weight is 303 g/mol. The highest BCUT2D eigenvalue weighted by Crippen LogP contribution is 2.34. The van der Waals surface area contributed by atoms with Gasteiger partial charge in [-0.15, -0.1) is 0 Å². The summed E-state index contributed by atoms with van der Waals surface area (Å²) in [6.07, 6.45) is 3.05. The summed E-state index contributed by atoms with van der Waals surface area (Å²) in [5.41, 5.74) is 0.253. The molecule has 1 heterocycles. The van der Waals surface area contributed by atoms with Crippen molar-refractivity contribution < 1.29 is 13.2 Å². The summed E-state index contributed by atoms with van der Waals surface area (Å²) in [7, 11) is -3.29. The molecule has 1 saturated heterocycles. The van der Waals surface area contributed by atoms with E-state index in [-0.39, 0.29) is 17.1 Å². The molecule has 0 aromatic carbocycles. The molecule has 1 fully saturated rings. The van der Waals surface area contributed by atoms with Crippen LogP contribution in [0.5, 0.6) is 0 Å². The van der Waals surface area contributed by atoms with Crippen LogP contribution in [0.2, 0.25) is 0 Å². The Morgan fingerprint density at radius 1 is 1.20 bits per heavy atom. The normalized spacial score (nSPS) is 21.9. The van der Waals surface area contributed by atoms with Crippen LogP contribution < -0.4 is 0 Å². The summed E-state index contributed by atoms with van der Waals surface area (Å²) in [5, 5.41) is -0.485. The monoisotopic (exact) mass is 303 g/mol. The van der Waals surface area contributed by atoms with E-state index in [1.54, 1.807) is 18.7 Å². The predicted molar refractivity (Wildman–Crippen MR) is 82.3 cm³/mol. The standard InChI is InChI=1S/C15H29NO3S/c1-12(2)20(18,19)11-14(17)16-9-6-7-13(8-10-16)15(3,4)5/h12-13H,6-11H2,1-5H3. The van der Waals surface area contributed by atoms with E-state index in [0.717, 1.165) is 19.3 Å². The molecule has 0 radical (unpaired) electrons. The first-order valence-corrected chi connectivity index (χ1v) is 9.25. The fraction of sp³-hybridized carbons (Fsp3) is 0.933. The number of nitrogens with zero attached hydrogens (tertiary/aromatic N) is 1. The Labute approximate surface area is 123 Å². The van der Waals surface area contributed by atoms with E-state index in [1.165, 1.54) is 0 Å². The summed E-state index contributed by atoms with van der Waals surface area (Å²) in [6.45, 7) is 11.3. The number of hydrogen-bond acceptors (Lipinski definition) is 3. The second-order valence-electron chi connectivity index (χ2n) is 7.23. The maximum Gasteiger partial charge on any atom is 0.237 e. The highest BCUT2D eigenvalue weighted by Gasteiger charge is 2.30. The van der Waals surface area contributed by atoms with Crippen molar-refractivity contribution in [1.29, 1.82) is 0 Å². The average Bonchev–Trinajstić information content (AvgIpc) is 2.52. The molecule has 1 atom stereocenters. The van der Waals surface area contributed by atoms with E-state index in [0.29, 0.717) is 19.0 Å². The fourth-order valence-corrected chi connectivity index (χ4v) is 3.50. The zero-order valence-corrected chi connectivity index (χ0v) is 14.3. The van der Waals surface area contributed by atoms with E-state index < -0.39 is 15.1 Å². The number of likely N-dealkylation sites (tertiary alicyclic amines) is 1. The Balaban J connectivity index is 2.64. The molecule has 1 amide bonds. The number of hydrogen-bond donors (Lipinski definition) is 0. The minimum absolute atomic E-state index is 0.228. The van der Waals surface area contributed by atoms with Crippen LogP contribution in [-0.4, -0.2) is 43.3 Å². The third kappa shape index (κ3) is 4.76. The maximum absolute atomic E-state index is 12.2. The smallest absolute Gasteiger partial charge is 0.237 e.